The molecule has 3 heteroatoms. The highest BCUT2D eigenvalue weighted by Gasteiger charge is 1.99. The summed E-state index contributed by atoms with van der Waals surface area (Å²) in [5.74, 6) is 1.64. The van der Waals surface area contributed by atoms with Crippen molar-refractivity contribution in [1.29, 1.82) is 0 Å². The zero-order chi connectivity index (χ0) is 13.0. The summed E-state index contributed by atoms with van der Waals surface area (Å²) in [5, 5.41) is 0. The highest BCUT2D eigenvalue weighted by atomic mass is 16.5. The molecule has 0 radical (unpaired) electrons. The van der Waals surface area contributed by atoms with E-state index in [0.717, 1.165) is 28.3 Å². The minimum absolute atomic E-state index is 0.511. The SMILES string of the molecule is COc1ccc(OCc2ccc(C)c(N)c2)cc1. The standard InChI is InChI=1S/C15H17NO2/c1-11-3-4-12(9-15(11)16)10-18-14-7-5-13(17-2)6-8-14/h3-9H,10,16H2,1-2H3. The molecule has 0 atom stereocenters. The van der Waals surface area contributed by atoms with Crippen molar-refractivity contribution >= 4 is 5.69 Å². The summed E-state index contributed by atoms with van der Waals surface area (Å²) in [5.41, 5.74) is 8.80. The van der Waals surface area contributed by atoms with E-state index in [-0.39, 0.29) is 0 Å². The fourth-order valence-electron chi connectivity index (χ4n) is 1.62. The van der Waals surface area contributed by atoms with Gasteiger partial charge in [0.2, 0.25) is 0 Å². The molecule has 18 heavy (non-hydrogen) atoms. The number of nitrogens with two attached hydrogens (primary N) is 1. The van der Waals surface area contributed by atoms with E-state index in [1.165, 1.54) is 0 Å². The molecule has 0 aliphatic heterocycles. The summed E-state index contributed by atoms with van der Waals surface area (Å²) in [6.45, 7) is 2.50. The number of rotatable bonds is 4. The summed E-state index contributed by atoms with van der Waals surface area (Å²) in [7, 11) is 1.64. The van der Waals surface area contributed by atoms with Crippen LogP contribution in [-0.2, 0) is 6.61 Å². The van der Waals surface area contributed by atoms with Gasteiger partial charge in [-0.2, -0.15) is 0 Å². The Kier molecular flexibility index (Phi) is 3.72. The van der Waals surface area contributed by atoms with Crippen LogP contribution in [0.3, 0.4) is 0 Å². The van der Waals surface area contributed by atoms with Gasteiger partial charge in [0, 0.05) is 5.69 Å². The molecule has 0 fully saturated rings. The average molecular weight is 243 g/mol. The Bertz CT molecular complexity index is 521. The fourth-order valence-corrected chi connectivity index (χ4v) is 1.62. The van der Waals surface area contributed by atoms with Gasteiger partial charge < -0.3 is 15.2 Å². The van der Waals surface area contributed by atoms with Gasteiger partial charge in [-0.15, -0.1) is 0 Å². The Morgan fingerprint density at radius 2 is 1.67 bits per heavy atom. The van der Waals surface area contributed by atoms with Crippen LogP contribution >= 0.6 is 0 Å². The van der Waals surface area contributed by atoms with Gasteiger partial charge in [0.1, 0.15) is 18.1 Å². The van der Waals surface area contributed by atoms with Crippen LogP contribution in [0.1, 0.15) is 11.1 Å². The van der Waals surface area contributed by atoms with E-state index in [2.05, 4.69) is 0 Å². The smallest absolute Gasteiger partial charge is 0.120 e. The molecule has 2 aromatic carbocycles. The maximum absolute atomic E-state index is 5.86. The van der Waals surface area contributed by atoms with Crippen molar-refractivity contribution in [2.75, 3.05) is 12.8 Å². The number of hydrogen-bond acceptors (Lipinski definition) is 3. The van der Waals surface area contributed by atoms with Gasteiger partial charge in [0.15, 0.2) is 0 Å². The van der Waals surface area contributed by atoms with E-state index in [4.69, 9.17) is 15.2 Å². The molecule has 0 spiro atoms. The maximum Gasteiger partial charge on any atom is 0.120 e. The first-order chi connectivity index (χ1) is 8.69. The highest BCUT2D eigenvalue weighted by Crippen LogP contribution is 2.19. The van der Waals surface area contributed by atoms with Crippen LogP contribution in [0.2, 0.25) is 0 Å². The second-order valence-electron chi connectivity index (χ2n) is 4.16. The molecule has 0 aromatic heterocycles. The molecule has 0 saturated heterocycles. The fraction of sp³-hybridized carbons (Fsp3) is 0.200. The first kappa shape index (κ1) is 12.3. The molecule has 3 nitrogen and oxygen atoms in total. The predicted molar refractivity (Wildman–Crippen MR) is 72.9 cm³/mol. The van der Waals surface area contributed by atoms with Crippen molar-refractivity contribution in [3.8, 4) is 11.5 Å². The Balaban J connectivity index is 1.99. The lowest BCUT2D eigenvalue weighted by Crippen LogP contribution is -1.98. The van der Waals surface area contributed by atoms with Crippen LogP contribution < -0.4 is 15.2 Å². The molecule has 2 N–H and O–H groups in total. The third-order valence-electron chi connectivity index (χ3n) is 2.81. The molecule has 0 aliphatic rings. The van der Waals surface area contributed by atoms with Gasteiger partial charge in [-0.3, -0.25) is 0 Å². The van der Waals surface area contributed by atoms with Crippen molar-refractivity contribution in [1.82, 2.24) is 0 Å². The van der Waals surface area contributed by atoms with Crippen LogP contribution in [0.15, 0.2) is 42.5 Å². The summed E-state index contributed by atoms with van der Waals surface area (Å²) in [6, 6.07) is 13.5. The second-order valence-corrected chi connectivity index (χ2v) is 4.16. The van der Waals surface area contributed by atoms with E-state index in [1.54, 1.807) is 7.11 Å². The van der Waals surface area contributed by atoms with Gasteiger partial charge in [0.25, 0.3) is 0 Å². The topological polar surface area (TPSA) is 44.5 Å². The Labute approximate surface area is 107 Å². The molecule has 0 aliphatic carbocycles. The molecular formula is C15H17NO2. The van der Waals surface area contributed by atoms with Crippen molar-refractivity contribution in [2.24, 2.45) is 0 Å². The van der Waals surface area contributed by atoms with Gasteiger partial charge in [0.05, 0.1) is 7.11 Å². The monoisotopic (exact) mass is 243 g/mol. The van der Waals surface area contributed by atoms with Gasteiger partial charge >= 0.3 is 0 Å². The molecule has 0 saturated carbocycles. The largest absolute Gasteiger partial charge is 0.497 e. The Hall–Kier alpha value is -2.16. The van der Waals surface area contributed by atoms with E-state index >= 15 is 0 Å². The number of nitrogen functional groups attached to an aromatic ring is 1. The third kappa shape index (κ3) is 2.94. The first-order valence-electron chi connectivity index (χ1n) is 5.81. The van der Waals surface area contributed by atoms with Gasteiger partial charge in [-0.1, -0.05) is 12.1 Å². The lowest BCUT2D eigenvalue weighted by atomic mass is 10.1. The molecule has 2 rings (SSSR count). The molecule has 94 valence electrons. The zero-order valence-electron chi connectivity index (χ0n) is 10.6. The molecule has 2 aromatic rings. The number of anilines is 1. The van der Waals surface area contributed by atoms with E-state index in [1.807, 2.05) is 49.4 Å². The highest BCUT2D eigenvalue weighted by molar-refractivity contribution is 5.48. The Morgan fingerprint density at radius 1 is 1.00 bits per heavy atom. The van der Waals surface area contributed by atoms with Crippen molar-refractivity contribution < 1.29 is 9.47 Å². The van der Waals surface area contributed by atoms with Crippen LogP contribution in [0.5, 0.6) is 11.5 Å². The summed E-state index contributed by atoms with van der Waals surface area (Å²) < 4.78 is 10.8. The average Bonchev–Trinajstić information content (AvgIpc) is 2.41. The molecule has 0 amide bonds. The summed E-state index contributed by atoms with van der Waals surface area (Å²) >= 11 is 0. The zero-order valence-corrected chi connectivity index (χ0v) is 10.6. The number of hydrogen-bond donors (Lipinski definition) is 1. The van der Waals surface area contributed by atoms with Crippen LogP contribution in [-0.4, -0.2) is 7.11 Å². The Morgan fingerprint density at radius 3 is 2.28 bits per heavy atom. The normalized spacial score (nSPS) is 10.1. The third-order valence-corrected chi connectivity index (χ3v) is 2.81. The quantitative estimate of drug-likeness (QED) is 0.839. The van der Waals surface area contributed by atoms with Crippen LogP contribution in [0.4, 0.5) is 5.69 Å². The van der Waals surface area contributed by atoms with E-state index < -0.39 is 0 Å². The van der Waals surface area contributed by atoms with Crippen molar-refractivity contribution in [3.63, 3.8) is 0 Å². The molecule has 0 bridgehead atoms. The predicted octanol–water partition coefficient (Wildman–Crippen LogP) is 3.16. The van der Waals surface area contributed by atoms with Gasteiger partial charge in [-0.25, -0.2) is 0 Å². The molecule has 0 heterocycles. The van der Waals surface area contributed by atoms with Crippen molar-refractivity contribution in [2.45, 2.75) is 13.5 Å². The maximum atomic E-state index is 5.86. The molecule has 0 unspecified atom stereocenters. The van der Waals surface area contributed by atoms with Crippen LogP contribution in [0, 0.1) is 6.92 Å². The first-order valence-corrected chi connectivity index (χ1v) is 5.81. The molecular weight excluding hydrogens is 226 g/mol. The summed E-state index contributed by atoms with van der Waals surface area (Å²) in [6.07, 6.45) is 0. The number of methoxy groups -OCH3 is 1. The summed E-state index contributed by atoms with van der Waals surface area (Å²) in [4.78, 5) is 0. The minimum atomic E-state index is 0.511. The van der Waals surface area contributed by atoms with Crippen molar-refractivity contribution in [3.05, 3.63) is 53.6 Å². The van der Waals surface area contributed by atoms with E-state index in [9.17, 15) is 0 Å². The lowest BCUT2D eigenvalue weighted by molar-refractivity contribution is 0.305. The lowest BCUT2D eigenvalue weighted by Gasteiger charge is -2.08. The van der Waals surface area contributed by atoms with E-state index in [0.29, 0.717) is 6.61 Å². The number of ether oxygens (including phenoxy) is 2. The van der Waals surface area contributed by atoms with Gasteiger partial charge in [-0.05, 0) is 48.4 Å². The van der Waals surface area contributed by atoms with Crippen LogP contribution in [0.25, 0.3) is 0 Å². The number of benzene rings is 2. The number of aryl methyl sites for hydroxylation is 1. The second kappa shape index (κ2) is 5.45. The minimum Gasteiger partial charge on any atom is -0.497 e.